The van der Waals surface area contributed by atoms with Gasteiger partial charge in [-0.25, -0.2) is 4.79 Å². The minimum atomic E-state index is -1.14. The van der Waals surface area contributed by atoms with Gasteiger partial charge in [-0.2, -0.15) is 0 Å². The minimum absolute atomic E-state index is 0.0719. The summed E-state index contributed by atoms with van der Waals surface area (Å²) in [4.78, 5) is 25.7. The molecule has 4 N–H and O–H groups in total. The minimum Gasteiger partial charge on any atom is -0.493 e. The van der Waals surface area contributed by atoms with Crippen molar-refractivity contribution in [3.63, 3.8) is 0 Å². The Bertz CT molecular complexity index is 705. The highest BCUT2D eigenvalue weighted by molar-refractivity contribution is 6.13. The van der Waals surface area contributed by atoms with Crippen LogP contribution in [0, 0.1) is 0 Å². The third-order valence-corrected chi connectivity index (χ3v) is 2.98. The summed E-state index contributed by atoms with van der Waals surface area (Å²) in [6, 6.07) is 4.20. The number of methoxy groups -OCH3 is 2. The van der Waals surface area contributed by atoms with Crippen molar-refractivity contribution in [3.8, 4) is 11.5 Å². The molecule has 0 unspecified atom stereocenters. The predicted molar refractivity (Wildman–Crippen MR) is 75.1 cm³/mol. The SMILES string of the molecule is COc1cc(N)c(C(=O)c2c[nH]c(C(=O)O)c2)cc1OC. The lowest BCUT2D eigenvalue weighted by atomic mass is 10.0. The molecule has 0 aliphatic carbocycles. The van der Waals surface area contributed by atoms with E-state index < -0.39 is 11.8 Å². The second kappa shape index (κ2) is 5.58. The van der Waals surface area contributed by atoms with Gasteiger partial charge in [0.15, 0.2) is 17.3 Å². The summed E-state index contributed by atoms with van der Waals surface area (Å²) in [7, 11) is 2.91. The topological polar surface area (TPSA) is 115 Å². The predicted octanol–water partition coefficient (Wildman–Crippen LogP) is 1.54. The Morgan fingerprint density at radius 1 is 1.14 bits per heavy atom. The first kappa shape index (κ1) is 14.4. The number of ketones is 1. The van der Waals surface area contributed by atoms with Gasteiger partial charge in [0.1, 0.15) is 5.69 Å². The van der Waals surface area contributed by atoms with E-state index in [0.717, 1.165) is 0 Å². The molecule has 110 valence electrons. The van der Waals surface area contributed by atoms with Crippen LogP contribution in [0.1, 0.15) is 26.4 Å². The molecule has 1 aromatic carbocycles. The zero-order chi connectivity index (χ0) is 15.6. The van der Waals surface area contributed by atoms with Crippen LogP contribution in [0.2, 0.25) is 0 Å². The van der Waals surface area contributed by atoms with E-state index in [1.807, 2.05) is 0 Å². The van der Waals surface area contributed by atoms with E-state index in [-0.39, 0.29) is 22.5 Å². The zero-order valence-electron chi connectivity index (χ0n) is 11.5. The number of carboxylic acid groups (broad SMARTS) is 1. The van der Waals surface area contributed by atoms with Gasteiger partial charge in [-0.05, 0) is 12.1 Å². The molecular weight excluding hydrogens is 276 g/mol. The standard InChI is InChI=1S/C14H14N2O5/c1-20-11-4-8(9(15)5-12(11)21-2)13(17)7-3-10(14(18)19)16-6-7/h3-6,16H,15H2,1-2H3,(H,18,19). The second-order valence-corrected chi connectivity index (χ2v) is 4.23. The number of anilines is 1. The van der Waals surface area contributed by atoms with E-state index in [9.17, 15) is 9.59 Å². The summed E-state index contributed by atoms with van der Waals surface area (Å²) in [5.41, 5.74) is 6.40. The first-order valence-electron chi connectivity index (χ1n) is 5.95. The summed E-state index contributed by atoms with van der Waals surface area (Å²) in [5, 5.41) is 8.85. The number of carbonyl (C=O) groups is 2. The first-order chi connectivity index (χ1) is 9.97. The van der Waals surface area contributed by atoms with Crippen LogP contribution in [-0.4, -0.2) is 36.1 Å². The molecule has 0 spiro atoms. The number of hydrogen-bond acceptors (Lipinski definition) is 5. The highest BCUT2D eigenvalue weighted by Crippen LogP contribution is 2.33. The number of benzene rings is 1. The maximum atomic E-state index is 12.4. The van der Waals surface area contributed by atoms with Gasteiger partial charge < -0.3 is 25.3 Å². The van der Waals surface area contributed by atoms with Crippen molar-refractivity contribution in [1.29, 1.82) is 0 Å². The van der Waals surface area contributed by atoms with Crippen molar-refractivity contribution in [2.75, 3.05) is 20.0 Å². The molecule has 0 aliphatic rings. The Morgan fingerprint density at radius 3 is 2.29 bits per heavy atom. The number of ether oxygens (including phenoxy) is 2. The summed E-state index contributed by atoms with van der Waals surface area (Å²) >= 11 is 0. The summed E-state index contributed by atoms with van der Waals surface area (Å²) in [6.07, 6.45) is 1.32. The van der Waals surface area contributed by atoms with E-state index >= 15 is 0 Å². The number of rotatable bonds is 5. The van der Waals surface area contributed by atoms with Crippen LogP contribution in [-0.2, 0) is 0 Å². The largest absolute Gasteiger partial charge is 0.493 e. The van der Waals surface area contributed by atoms with Crippen molar-refractivity contribution < 1.29 is 24.2 Å². The summed E-state index contributed by atoms with van der Waals surface area (Å²) in [5.74, 6) is -0.776. The monoisotopic (exact) mass is 290 g/mol. The van der Waals surface area contributed by atoms with Crippen LogP contribution in [0.3, 0.4) is 0 Å². The van der Waals surface area contributed by atoms with Gasteiger partial charge in [0.05, 0.1) is 14.2 Å². The van der Waals surface area contributed by atoms with Crippen LogP contribution in [0.5, 0.6) is 11.5 Å². The van der Waals surface area contributed by atoms with E-state index in [4.69, 9.17) is 20.3 Å². The molecule has 2 rings (SSSR count). The normalized spacial score (nSPS) is 10.2. The van der Waals surface area contributed by atoms with Gasteiger partial charge in [-0.15, -0.1) is 0 Å². The van der Waals surface area contributed by atoms with Gasteiger partial charge in [0.25, 0.3) is 0 Å². The van der Waals surface area contributed by atoms with Crippen molar-refractivity contribution >= 4 is 17.4 Å². The highest BCUT2D eigenvalue weighted by atomic mass is 16.5. The molecular formula is C14H14N2O5. The molecule has 0 saturated carbocycles. The van der Waals surface area contributed by atoms with E-state index in [1.165, 1.54) is 38.6 Å². The maximum absolute atomic E-state index is 12.4. The lowest BCUT2D eigenvalue weighted by molar-refractivity contribution is 0.0691. The fourth-order valence-corrected chi connectivity index (χ4v) is 1.90. The smallest absolute Gasteiger partial charge is 0.352 e. The van der Waals surface area contributed by atoms with Crippen LogP contribution in [0.4, 0.5) is 5.69 Å². The average molecular weight is 290 g/mol. The lowest BCUT2D eigenvalue weighted by Crippen LogP contribution is -2.06. The van der Waals surface area contributed by atoms with Crippen molar-refractivity contribution in [1.82, 2.24) is 4.98 Å². The Hall–Kier alpha value is -2.96. The maximum Gasteiger partial charge on any atom is 0.352 e. The van der Waals surface area contributed by atoms with Gasteiger partial charge in [-0.3, -0.25) is 4.79 Å². The number of nitrogens with one attached hydrogen (secondary N) is 1. The Kier molecular flexibility index (Phi) is 3.84. The number of H-pyrrole nitrogens is 1. The average Bonchev–Trinajstić information content (AvgIpc) is 2.96. The number of nitrogens with two attached hydrogens (primary N) is 1. The Labute approximate surface area is 120 Å². The fourth-order valence-electron chi connectivity index (χ4n) is 1.90. The molecule has 7 nitrogen and oxygen atoms in total. The number of carbonyl (C=O) groups excluding carboxylic acids is 1. The van der Waals surface area contributed by atoms with Crippen LogP contribution >= 0.6 is 0 Å². The number of aromatic nitrogens is 1. The molecule has 7 heteroatoms. The zero-order valence-corrected chi connectivity index (χ0v) is 11.5. The molecule has 0 bridgehead atoms. The van der Waals surface area contributed by atoms with Gasteiger partial charge in [-0.1, -0.05) is 0 Å². The van der Waals surface area contributed by atoms with E-state index in [2.05, 4.69) is 4.98 Å². The van der Waals surface area contributed by atoms with E-state index in [1.54, 1.807) is 0 Å². The lowest BCUT2D eigenvalue weighted by Gasteiger charge is -2.11. The highest BCUT2D eigenvalue weighted by Gasteiger charge is 2.19. The molecule has 0 aliphatic heterocycles. The van der Waals surface area contributed by atoms with Crippen molar-refractivity contribution in [2.24, 2.45) is 0 Å². The van der Waals surface area contributed by atoms with Crippen LogP contribution in [0.25, 0.3) is 0 Å². The molecule has 1 heterocycles. The fraction of sp³-hybridized carbons (Fsp3) is 0.143. The molecule has 0 amide bonds. The molecule has 0 atom stereocenters. The van der Waals surface area contributed by atoms with E-state index in [0.29, 0.717) is 11.5 Å². The number of aromatic amines is 1. The molecule has 0 saturated heterocycles. The Morgan fingerprint density at radius 2 is 1.76 bits per heavy atom. The van der Waals surface area contributed by atoms with Crippen molar-refractivity contribution in [3.05, 3.63) is 41.2 Å². The third kappa shape index (κ3) is 2.66. The van der Waals surface area contributed by atoms with Crippen LogP contribution in [0.15, 0.2) is 24.4 Å². The van der Waals surface area contributed by atoms with Crippen molar-refractivity contribution in [2.45, 2.75) is 0 Å². The third-order valence-electron chi connectivity index (χ3n) is 2.98. The quantitative estimate of drug-likeness (QED) is 0.568. The molecule has 21 heavy (non-hydrogen) atoms. The molecule has 0 fully saturated rings. The molecule has 0 radical (unpaired) electrons. The van der Waals surface area contributed by atoms with Gasteiger partial charge >= 0.3 is 5.97 Å². The van der Waals surface area contributed by atoms with Crippen LogP contribution < -0.4 is 15.2 Å². The molecule has 2 aromatic rings. The Balaban J connectivity index is 2.44. The van der Waals surface area contributed by atoms with Gasteiger partial charge in [0, 0.05) is 29.1 Å². The van der Waals surface area contributed by atoms with Gasteiger partial charge in [0.2, 0.25) is 0 Å². The first-order valence-corrected chi connectivity index (χ1v) is 5.95. The molecule has 1 aromatic heterocycles. The summed E-state index contributed by atoms with van der Waals surface area (Å²) in [6.45, 7) is 0. The number of carboxylic acids is 1. The number of aromatic carboxylic acids is 1. The number of nitrogen functional groups attached to an aromatic ring is 1. The second-order valence-electron chi connectivity index (χ2n) is 4.23. The number of hydrogen-bond donors (Lipinski definition) is 3. The summed E-state index contributed by atoms with van der Waals surface area (Å²) < 4.78 is 10.2.